The van der Waals surface area contributed by atoms with Crippen LogP contribution < -0.4 is 0 Å². The molecule has 0 bridgehead atoms. The molecule has 0 aliphatic carbocycles. The number of esters is 1. The summed E-state index contributed by atoms with van der Waals surface area (Å²) in [5.41, 5.74) is 1.22. The second-order valence-corrected chi connectivity index (χ2v) is 7.36. The first-order valence-electron chi connectivity index (χ1n) is 10.0. The van der Waals surface area contributed by atoms with Crippen LogP contribution in [0.5, 0.6) is 0 Å². The number of carbonyl (C=O) groups is 2. The number of ether oxygens (including phenoxy) is 1. The Kier molecular flexibility index (Phi) is 8.32. The van der Waals surface area contributed by atoms with Gasteiger partial charge >= 0.3 is 11.9 Å². The second-order valence-electron chi connectivity index (χ2n) is 7.36. The Bertz CT molecular complexity index is 718. The molecule has 0 saturated carbocycles. The molecule has 0 spiro atoms. The summed E-state index contributed by atoms with van der Waals surface area (Å²) in [4.78, 5) is 24.8. The lowest BCUT2D eigenvalue weighted by molar-refractivity contribution is -0.148. The van der Waals surface area contributed by atoms with Gasteiger partial charge in [-0.25, -0.2) is 4.79 Å². The number of aliphatic hydroxyl groups excluding tert-OH is 1. The van der Waals surface area contributed by atoms with Crippen molar-refractivity contribution in [1.82, 2.24) is 4.90 Å². The van der Waals surface area contributed by atoms with Gasteiger partial charge in [-0.05, 0) is 30.5 Å². The summed E-state index contributed by atoms with van der Waals surface area (Å²) in [5.74, 6) is -5.02. The van der Waals surface area contributed by atoms with Gasteiger partial charge in [0, 0.05) is 13.0 Å². The van der Waals surface area contributed by atoms with Gasteiger partial charge in [-0.2, -0.15) is 8.78 Å². The molecule has 5 nitrogen and oxygen atoms in total. The molecule has 2 atom stereocenters. The zero-order valence-corrected chi connectivity index (χ0v) is 16.9. The number of nitrogens with zero attached hydrogens (tertiary/aromatic N) is 1. The van der Waals surface area contributed by atoms with Crippen LogP contribution in [0.1, 0.15) is 54.9 Å². The number of likely N-dealkylation sites (tertiary alicyclic amines) is 1. The van der Waals surface area contributed by atoms with Crippen molar-refractivity contribution < 1.29 is 28.2 Å². The van der Waals surface area contributed by atoms with Crippen molar-refractivity contribution in [1.29, 1.82) is 0 Å². The molecule has 0 aromatic heterocycles. The highest BCUT2D eigenvalue weighted by atomic mass is 19.3. The highest BCUT2D eigenvalue weighted by molar-refractivity contribution is 5.89. The highest BCUT2D eigenvalue weighted by Gasteiger charge is 2.52. The Morgan fingerprint density at radius 2 is 2.03 bits per heavy atom. The average Bonchev–Trinajstić information content (AvgIpc) is 2.93. The zero-order chi connectivity index (χ0) is 21.4. The number of unbranched alkanes of at least 4 members (excludes halogenated alkanes) is 2. The fraction of sp³-hybridized carbons (Fsp3) is 0.545. The quantitative estimate of drug-likeness (QED) is 0.363. The van der Waals surface area contributed by atoms with E-state index in [9.17, 15) is 23.5 Å². The normalized spacial score (nSPS) is 19.7. The molecule has 1 unspecified atom stereocenters. The van der Waals surface area contributed by atoms with E-state index in [0.29, 0.717) is 18.4 Å². The van der Waals surface area contributed by atoms with Crippen LogP contribution in [0.4, 0.5) is 8.78 Å². The molecular formula is C22H29F2NO4. The van der Waals surface area contributed by atoms with E-state index in [1.165, 1.54) is 24.2 Å². The molecule has 29 heavy (non-hydrogen) atoms. The number of methoxy groups -OCH3 is 1. The number of hydrogen-bond donors (Lipinski definition) is 1. The Morgan fingerprint density at radius 1 is 1.34 bits per heavy atom. The molecule has 160 valence electrons. The topological polar surface area (TPSA) is 66.8 Å². The lowest BCUT2D eigenvalue weighted by Crippen LogP contribution is -2.37. The smallest absolute Gasteiger partial charge is 0.337 e. The molecule has 1 saturated heterocycles. The van der Waals surface area contributed by atoms with Gasteiger partial charge in [0.25, 0.3) is 5.91 Å². The molecule has 1 aromatic rings. The van der Waals surface area contributed by atoms with Crippen molar-refractivity contribution in [3.8, 4) is 0 Å². The molecule has 1 aliphatic heterocycles. The predicted molar refractivity (Wildman–Crippen MR) is 106 cm³/mol. The van der Waals surface area contributed by atoms with Gasteiger partial charge in [0.15, 0.2) is 0 Å². The second kappa shape index (κ2) is 10.5. The molecule has 0 radical (unpaired) electrons. The van der Waals surface area contributed by atoms with Crippen molar-refractivity contribution in [3.05, 3.63) is 47.5 Å². The molecule has 1 heterocycles. The van der Waals surface area contributed by atoms with Crippen LogP contribution >= 0.6 is 0 Å². The number of aliphatic hydroxyl groups is 1. The summed E-state index contributed by atoms with van der Waals surface area (Å²) in [6, 6.07) is 5.89. The van der Waals surface area contributed by atoms with Crippen LogP contribution in [-0.2, 0) is 16.0 Å². The number of alkyl halides is 2. The standard InChI is InChI=1S/C22H29F2NO4/c1-3-4-5-6-19(26)12-11-18-15-22(23,24)21(28)25(18)14-13-16-7-9-17(10-8-16)20(27)29-2/h7-12,18-19,26H,3-6,13-15H2,1-2H3/b12-11+/t18-,19?/m0/s1. The van der Waals surface area contributed by atoms with Crippen LogP contribution in [0.15, 0.2) is 36.4 Å². The zero-order valence-electron chi connectivity index (χ0n) is 16.9. The van der Waals surface area contributed by atoms with Gasteiger partial charge in [-0.1, -0.05) is 50.5 Å². The number of rotatable bonds is 10. The van der Waals surface area contributed by atoms with Gasteiger partial charge in [0.2, 0.25) is 0 Å². The van der Waals surface area contributed by atoms with E-state index in [1.807, 2.05) is 0 Å². The number of hydrogen-bond acceptors (Lipinski definition) is 4. The SMILES string of the molecule is CCCCCC(O)/C=C/[C@H]1CC(F)(F)C(=O)N1CCc1ccc(C(=O)OC)cc1. The van der Waals surface area contributed by atoms with Gasteiger partial charge in [-0.3, -0.25) is 4.79 Å². The van der Waals surface area contributed by atoms with Crippen LogP contribution in [0.2, 0.25) is 0 Å². The minimum absolute atomic E-state index is 0.132. The van der Waals surface area contributed by atoms with E-state index >= 15 is 0 Å². The molecule has 1 amide bonds. The molecular weight excluding hydrogens is 380 g/mol. The first-order chi connectivity index (χ1) is 13.8. The van der Waals surface area contributed by atoms with Crippen molar-refractivity contribution in [2.75, 3.05) is 13.7 Å². The molecule has 2 rings (SSSR count). The monoisotopic (exact) mass is 409 g/mol. The van der Waals surface area contributed by atoms with Crippen LogP contribution in [0.3, 0.4) is 0 Å². The summed E-state index contributed by atoms with van der Waals surface area (Å²) in [7, 11) is 1.30. The maximum absolute atomic E-state index is 14.0. The fourth-order valence-corrected chi connectivity index (χ4v) is 3.39. The Hall–Kier alpha value is -2.28. The Morgan fingerprint density at radius 3 is 2.66 bits per heavy atom. The number of amides is 1. The predicted octanol–water partition coefficient (Wildman–Crippen LogP) is 3.75. The summed E-state index contributed by atoms with van der Waals surface area (Å²) in [6.07, 6.45) is 5.64. The van der Waals surface area contributed by atoms with Gasteiger partial charge in [-0.15, -0.1) is 0 Å². The van der Waals surface area contributed by atoms with Crippen molar-refractivity contribution in [2.24, 2.45) is 0 Å². The minimum Gasteiger partial charge on any atom is -0.465 e. The van der Waals surface area contributed by atoms with Crippen molar-refractivity contribution in [3.63, 3.8) is 0 Å². The van der Waals surface area contributed by atoms with Crippen molar-refractivity contribution in [2.45, 2.75) is 63.5 Å². The highest BCUT2D eigenvalue weighted by Crippen LogP contribution is 2.34. The van der Waals surface area contributed by atoms with E-state index < -0.39 is 36.4 Å². The van der Waals surface area contributed by atoms with Crippen LogP contribution in [0.25, 0.3) is 0 Å². The van der Waals surface area contributed by atoms with E-state index in [-0.39, 0.29) is 6.54 Å². The minimum atomic E-state index is -3.39. The number of carbonyl (C=O) groups excluding carboxylic acids is 2. The van der Waals surface area contributed by atoms with Crippen LogP contribution in [0, 0.1) is 0 Å². The van der Waals surface area contributed by atoms with Gasteiger partial charge < -0.3 is 14.7 Å². The van der Waals surface area contributed by atoms with E-state index in [2.05, 4.69) is 11.7 Å². The first kappa shape index (κ1) is 23.0. The number of benzene rings is 1. The van der Waals surface area contributed by atoms with Gasteiger partial charge in [0.05, 0.1) is 24.8 Å². The maximum Gasteiger partial charge on any atom is 0.337 e. The lowest BCUT2D eigenvalue weighted by atomic mass is 10.1. The first-order valence-corrected chi connectivity index (χ1v) is 10.0. The molecule has 1 aromatic carbocycles. The lowest BCUT2D eigenvalue weighted by Gasteiger charge is -2.22. The van der Waals surface area contributed by atoms with E-state index in [4.69, 9.17) is 0 Å². The third-order valence-electron chi connectivity index (χ3n) is 5.11. The van der Waals surface area contributed by atoms with Crippen LogP contribution in [-0.4, -0.2) is 53.6 Å². The van der Waals surface area contributed by atoms with Gasteiger partial charge in [0.1, 0.15) is 0 Å². The van der Waals surface area contributed by atoms with Crippen molar-refractivity contribution >= 4 is 11.9 Å². The summed E-state index contributed by atoms with van der Waals surface area (Å²) >= 11 is 0. The summed E-state index contributed by atoms with van der Waals surface area (Å²) in [5, 5.41) is 10.0. The largest absolute Gasteiger partial charge is 0.465 e. The molecule has 1 aliphatic rings. The molecule has 1 N–H and O–H groups in total. The third kappa shape index (κ3) is 6.35. The van der Waals surface area contributed by atoms with E-state index in [1.54, 1.807) is 24.3 Å². The number of halogens is 2. The molecule has 1 fully saturated rings. The maximum atomic E-state index is 14.0. The average molecular weight is 409 g/mol. The Labute approximate surface area is 170 Å². The molecule has 7 heteroatoms. The Balaban J connectivity index is 1.99. The third-order valence-corrected chi connectivity index (χ3v) is 5.11. The van der Waals surface area contributed by atoms with E-state index in [0.717, 1.165) is 24.8 Å². The summed E-state index contributed by atoms with van der Waals surface area (Å²) < 4.78 is 32.6. The summed E-state index contributed by atoms with van der Waals surface area (Å²) in [6.45, 7) is 2.20. The fourth-order valence-electron chi connectivity index (χ4n) is 3.39.